The zero-order valence-corrected chi connectivity index (χ0v) is 25.6. The maximum Gasteiger partial charge on any atom is 0.244 e. The van der Waals surface area contributed by atoms with Gasteiger partial charge in [0, 0.05) is 56.9 Å². The van der Waals surface area contributed by atoms with Crippen LogP contribution in [0.2, 0.25) is 0 Å². The summed E-state index contributed by atoms with van der Waals surface area (Å²) in [6, 6.07) is 13.0. The number of fused-ring (bicyclic) bond motifs is 2. The average molecular weight is 599 g/mol. The van der Waals surface area contributed by atoms with Crippen LogP contribution in [-0.4, -0.2) is 72.4 Å². The molecule has 11 nitrogen and oxygen atoms in total. The van der Waals surface area contributed by atoms with Crippen molar-refractivity contribution < 1.29 is 13.2 Å². The number of para-hydroxylation sites is 1. The molecule has 222 valence electrons. The summed E-state index contributed by atoms with van der Waals surface area (Å²) in [7, 11) is 3.03. The SMILES string of the molecule is COc1cc2c(cc1Nc1nc(Nc3ccccc3S(=O)(=O)N(C)C)c3c(-c4cncc(C)c4)c[nH]c3n1)CN(C)CC2. The monoisotopic (exact) mass is 598 g/mol. The van der Waals surface area contributed by atoms with Crippen molar-refractivity contribution in [3.8, 4) is 16.9 Å². The van der Waals surface area contributed by atoms with Gasteiger partial charge in [0.1, 0.15) is 22.1 Å². The highest BCUT2D eigenvalue weighted by molar-refractivity contribution is 7.89. The third-order valence-electron chi connectivity index (χ3n) is 7.59. The molecule has 0 bridgehead atoms. The van der Waals surface area contributed by atoms with Gasteiger partial charge in [-0.15, -0.1) is 0 Å². The van der Waals surface area contributed by atoms with Gasteiger partial charge < -0.3 is 25.3 Å². The Morgan fingerprint density at radius 1 is 1.02 bits per heavy atom. The first-order valence-electron chi connectivity index (χ1n) is 13.9. The van der Waals surface area contributed by atoms with Crippen LogP contribution >= 0.6 is 0 Å². The number of anilines is 4. The lowest BCUT2D eigenvalue weighted by Crippen LogP contribution is -2.26. The number of H-pyrrole nitrogens is 1. The number of sulfonamides is 1. The summed E-state index contributed by atoms with van der Waals surface area (Å²) in [5.41, 5.74) is 6.91. The van der Waals surface area contributed by atoms with Gasteiger partial charge in [0.15, 0.2) is 0 Å². The molecule has 0 atom stereocenters. The molecule has 0 saturated heterocycles. The highest BCUT2D eigenvalue weighted by Gasteiger charge is 2.24. The summed E-state index contributed by atoms with van der Waals surface area (Å²) in [5, 5.41) is 7.39. The molecular weight excluding hydrogens is 564 g/mol. The molecule has 0 radical (unpaired) electrons. The second kappa shape index (κ2) is 11.3. The lowest BCUT2D eigenvalue weighted by Gasteiger charge is -2.26. The Labute approximate surface area is 251 Å². The van der Waals surface area contributed by atoms with E-state index in [1.165, 1.54) is 29.5 Å². The van der Waals surface area contributed by atoms with Crippen molar-refractivity contribution in [2.45, 2.75) is 24.8 Å². The van der Waals surface area contributed by atoms with Crippen molar-refractivity contribution in [1.29, 1.82) is 0 Å². The highest BCUT2D eigenvalue weighted by atomic mass is 32.2. The Bertz CT molecular complexity index is 1940. The minimum atomic E-state index is -3.74. The fourth-order valence-corrected chi connectivity index (χ4v) is 6.38. The van der Waals surface area contributed by atoms with E-state index in [1.807, 2.05) is 19.2 Å². The van der Waals surface area contributed by atoms with E-state index in [2.05, 4.69) is 44.7 Å². The molecule has 1 aliphatic heterocycles. The van der Waals surface area contributed by atoms with Crippen molar-refractivity contribution in [1.82, 2.24) is 29.1 Å². The van der Waals surface area contributed by atoms with Gasteiger partial charge in [-0.2, -0.15) is 9.97 Å². The van der Waals surface area contributed by atoms with E-state index in [4.69, 9.17) is 14.7 Å². The van der Waals surface area contributed by atoms with Crippen LogP contribution in [0.15, 0.2) is 66.0 Å². The van der Waals surface area contributed by atoms with Gasteiger partial charge in [0.2, 0.25) is 16.0 Å². The maximum absolute atomic E-state index is 13.2. The van der Waals surface area contributed by atoms with Gasteiger partial charge in [-0.1, -0.05) is 12.1 Å². The third kappa shape index (κ3) is 5.52. The molecule has 43 heavy (non-hydrogen) atoms. The fraction of sp³-hybridized carbons (Fsp3) is 0.258. The highest BCUT2D eigenvalue weighted by Crippen LogP contribution is 2.38. The third-order valence-corrected chi connectivity index (χ3v) is 9.46. The molecular formula is C31H34N8O3S. The van der Waals surface area contributed by atoms with Crippen molar-refractivity contribution in [3.63, 3.8) is 0 Å². The number of hydrogen-bond donors (Lipinski definition) is 3. The van der Waals surface area contributed by atoms with Crippen LogP contribution in [0.5, 0.6) is 5.75 Å². The molecule has 5 aromatic rings. The molecule has 3 aromatic heterocycles. The molecule has 0 spiro atoms. The Kier molecular flexibility index (Phi) is 7.50. The number of aryl methyl sites for hydroxylation is 1. The molecule has 0 unspecified atom stereocenters. The van der Waals surface area contributed by atoms with Crippen LogP contribution in [-0.2, 0) is 23.0 Å². The van der Waals surface area contributed by atoms with Crippen molar-refractivity contribution >= 4 is 44.2 Å². The van der Waals surface area contributed by atoms with Gasteiger partial charge in [-0.05, 0) is 67.4 Å². The molecule has 12 heteroatoms. The molecule has 0 amide bonds. The first-order chi connectivity index (χ1) is 20.6. The van der Waals surface area contributed by atoms with Gasteiger partial charge in [0.05, 0.1) is 23.9 Å². The molecule has 0 aliphatic carbocycles. The number of pyridine rings is 1. The van der Waals surface area contributed by atoms with E-state index in [9.17, 15) is 8.42 Å². The summed E-state index contributed by atoms with van der Waals surface area (Å²) in [6.07, 6.45) is 6.39. The lowest BCUT2D eigenvalue weighted by atomic mass is 9.99. The quantitative estimate of drug-likeness (QED) is 0.224. The maximum atomic E-state index is 13.2. The Balaban J connectivity index is 1.50. The standard InChI is InChI=1S/C31H34N8O3S/c1-19-12-21(16-32-15-19)23-17-33-29-28(23)30(34-24-8-6-7-9-27(24)43(40,41)38(2)3)37-31(36-29)35-25-13-22-18-39(4)11-10-20(22)14-26(25)42-5/h6-9,12-17H,10-11,18H2,1-5H3,(H3,33,34,35,36,37). The smallest absolute Gasteiger partial charge is 0.244 e. The van der Waals surface area contributed by atoms with Crippen LogP contribution in [0.25, 0.3) is 22.2 Å². The second-order valence-electron chi connectivity index (χ2n) is 10.9. The number of aromatic nitrogens is 4. The number of nitrogens with zero attached hydrogens (tertiary/aromatic N) is 5. The fourth-order valence-electron chi connectivity index (χ4n) is 5.34. The van der Waals surface area contributed by atoms with E-state index in [0.29, 0.717) is 34.2 Å². The molecule has 3 N–H and O–H groups in total. The first-order valence-corrected chi connectivity index (χ1v) is 15.3. The largest absolute Gasteiger partial charge is 0.495 e. The zero-order chi connectivity index (χ0) is 30.3. The number of benzene rings is 2. The molecule has 1 aliphatic rings. The van der Waals surface area contributed by atoms with Crippen LogP contribution in [0.4, 0.5) is 23.1 Å². The van der Waals surface area contributed by atoms with Gasteiger partial charge in [-0.3, -0.25) is 4.98 Å². The van der Waals surface area contributed by atoms with Crippen LogP contribution in [0, 0.1) is 6.92 Å². The van der Waals surface area contributed by atoms with E-state index < -0.39 is 10.0 Å². The number of likely N-dealkylation sites (N-methyl/N-ethyl adjacent to an activating group) is 1. The summed E-state index contributed by atoms with van der Waals surface area (Å²) >= 11 is 0. The van der Waals surface area contributed by atoms with Gasteiger partial charge in [-0.25, -0.2) is 12.7 Å². The number of hydrogen-bond acceptors (Lipinski definition) is 9. The van der Waals surface area contributed by atoms with Gasteiger partial charge >= 0.3 is 0 Å². The normalized spacial score (nSPS) is 13.7. The van der Waals surface area contributed by atoms with E-state index in [1.54, 1.807) is 43.8 Å². The van der Waals surface area contributed by atoms with Crippen molar-refractivity contribution in [3.05, 3.63) is 77.7 Å². The Hall–Kier alpha value is -4.52. The molecule has 0 saturated carbocycles. The van der Waals surface area contributed by atoms with Crippen LogP contribution in [0.3, 0.4) is 0 Å². The van der Waals surface area contributed by atoms with Crippen molar-refractivity contribution in [2.75, 3.05) is 45.4 Å². The van der Waals surface area contributed by atoms with E-state index in [-0.39, 0.29) is 4.90 Å². The summed E-state index contributed by atoms with van der Waals surface area (Å²) in [6.45, 7) is 3.81. The Morgan fingerprint density at radius 2 is 1.84 bits per heavy atom. The predicted molar refractivity (Wildman–Crippen MR) is 169 cm³/mol. The minimum absolute atomic E-state index is 0.135. The Morgan fingerprint density at radius 3 is 2.60 bits per heavy atom. The predicted octanol–water partition coefficient (Wildman–Crippen LogP) is 5.06. The first kappa shape index (κ1) is 28.6. The number of rotatable bonds is 8. The molecule has 0 fully saturated rings. The molecule has 4 heterocycles. The topological polar surface area (TPSA) is 128 Å². The van der Waals surface area contributed by atoms with E-state index in [0.717, 1.165) is 41.9 Å². The molecule has 6 rings (SSSR count). The number of nitrogens with one attached hydrogen (secondary N) is 3. The number of ether oxygens (including phenoxy) is 1. The number of methoxy groups -OCH3 is 1. The van der Waals surface area contributed by atoms with Crippen molar-refractivity contribution in [2.24, 2.45) is 0 Å². The van der Waals surface area contributed by atoms with Crippen LogP contribution in [0.1, 0.15) is 16.7 Å². The molecule has 2 aromatic carbocycles. The number of aromatic amines is 1. The summed E-state index contributed by atoms with van der Waals surface area (Å²) < 4.78 is 33.4. The van der Waals surface area contributed by atoms with E-state index >= 15 is 0 Å². The van der Waals surface area contributed by atoms with Gasteiger partial charge in [0.25, 0.3) is 0 Å². The summed E-state index contributed by atoms with van der Waals surface area (Å²) in [5.74, 6) is 1.45. The second-order valence-corrected chi connectivity index (χ2v) is 13.0. The minimum Gasteiger partial charge on any atom is -0.495 e. The average Bonchev–Trinajstić information content (AvgIpc) is 3.41. The lowest BCUT2D eigenvalue weighted by molar-refractivity contribution is 0.312. The summed E-state index contributed by atoms with van der Waals surface area (Å²) in [4.78, 5) is 19.8. The van der Waals surface area contributed by atoms with Crippen LogP contribution < -0.4 is 15.4 Å². The zero-order valence-electron chi connectivity index (χ0n) is 24.8.